The molecule has 1 amide bonds. The topological polar surface area (TPSA) is 117 Å². The van der Waals surface area contributed by atoms with Gasteiger partial charge in [0.25, 0.3) is 5.91 Å². The van der Waals surface area contributed by atoms with Crippen LogP contribution >= 0.6 is 11.3 Å². The minimum atomic E-state index is -4.72. The van der Waals surface area contributed by atoms with E-state index in [1.54, 1.807) is 17.2 Å². The number of H-pyrrole nitrogens is 1. The number of rotatable bonds is 6. The summed E-state index contributed by atoms with van der Waals surface area (Å²) >= 11 is 1.40. The summed E-state index contributed by atoms with van der Waals surface area (Å²) in [7, 11) is -3.78. The number of benzene rings is 1. The molecular weight excluding hydrogens is 419 g/mol. The van der Waals surface area contributed by atoms with Crippen LogP contribution in [0.1, 0.15) is 21.1 Å². The Morgan fingerprint density at radius 1 is 1.18 bits per heavy atom. The van der Waals surface area contributed by atoms with E-state index >= 15 is 0 Å². The lowest BCUT2D eigenvalue weighted by atomic mass is 10.2. The quantitative estimate of drug-likeness (QED) is 0.555. The molecule has 0 saturated carbocycles. The van der Waals surface area contributed by atoms with E-state index in [9.17, 15) is 26.4 Å². The van der Waals surface area contributed by atoms with Crippen LogP contribution in [0, 0.1) is 0 Å². The first-order valence-electron chi connectivity index (χ1n) is 7.58. The molecule has 28 heavy (non-hydrogen) atoms. The molecule has 0 bridgehead atoms. The maximum atomic E-state index is 12.5. The molecular formula is C15H12F3N5O3S2. The summed E-state index contributed by atoms with van der Waals surface area (Å²) in [5.41, 5.74) is 0.0237. The van der Waals surface area contributed by atoms with Gasteiger partial charge in [0.15, 0.2) is 0 Å². The summed E-state index contributed by atoms with van der Waals surface area (Å²) in [6, 6.07) is 8.47. The van der Waals surface area contributed by atoms with Crippen molar-refractivity contribution in [2.75, 3.05) is 5.32 Å². The smallest absolute Gasteiger partial charge is 0.289 e. The number of sulfonamides is 1. The molecule has 3 aromatic rings. The van der Waals surface area contributed by atoms with E-state index in [-0.39, 0.29) is 17.0 Å². The van der Waals surface area contributed by atoms with E-state index in [0.29, 0.717) is 0 Å². The molecule has 8 nitrogen and oxygen atoms in total. The van der Waals surface area contributed by atoms with E-state index in [1.165, 1.54) is 35.6 Å². The number of thiophene rings is 1. The molecule has 0 spiro atoms. The molecule has 2 heterocycles. The van der Waals surface area contributed by atoms with Gasteiger partial charge in [-0.15, -0.1) is 16.4 Å². The number of hydrogen-bond acceptors (Lipinski definition) is 6. The first kappa shape index (κ1) is 20.0. The summed E-state index contributed by atoms with van der Waals surface area (Å²) in [5.74, 6) is -2.68. The van der Waals surface area contributed by atoms with Crippen molar-refractivity contribution in [2.45, 2.75) is 17.6 Å². The Morgan fingerprint density at radius 2 is 1.89 bits per heavy atom. The highest BCUT2D eigenvalue weighted by Gasteiger charge is 2.35. The predicted molar refractivity (Wildman–Crippen MR) is 94.1 cm³/mol. The number of anilines is 1. The van der Waals surface area contributed by atoms with Crippen LogP contribution in [0.2, 0.25) is 0 Å². The molecule has 0 aliphatic heterocycles. The molecule has 0 atom stereocenters. The van der Waals surface area contributed by atoms with Crippen LogP contribution in [0.5, 0.6) is 0 Å². The van der Waals surface area contributed by atoms with Crippen molar-refractivity contribution < 1.29 is 26.4 Å². The fourth-order valence-corrected chi connectivity index (χ4v) is 3.81. The lowest BCUT2D eigenvalue weighted by molar-refractivity contribution is -0.144. The molecule has 0 unspecified atom stereocenters. The van der Waals surface area contributed by atoms with Crippen molar-refractivity contribution in [1.29, 1.82) is 0 Å². The molecule has 0 fully saturated rings. The Hall–Kier alpha value is -2.77. The van der Waals surface area contributed by atoms with Gasteiger partial charge in [0.05, 0.1) is 4.90 Å². The van der Waals surface area contributed by atoms with Crippen LogP contribution in [-0.4, -0.2) is 29.5 Å². The fraction of sp³-hybridized carbons (Fsp3) is 0.133. The summed E-state index contributed by atoms with van der Waals surface area (Å²) in [4.78, 5) is 16.0. The highest BCUT2D eigenvalue weighted by Crippen LogP contribution is 2.26. The molecule has 0 aliphatic rings. The molecule has 3 N–H and O–H groups in total. The zero-order chi connectivity index (χ0) is 20.4. The number of nitrogens with one attached hydrogen (secondary N) is 3. The molecule has 13 heteroatoms. The van der Waals surface area contributed by atoms with Gasteiger partial charge in [-0.1, -0.05) is 6.07 Å². The first-order valence-corrected chi connectivity index (χ1v) is 9.94. The second-order valence-electron chi connectivity index (χ2n) is 5.39. The zero-order valence-electron chi connectivity index (χ0n) is 13.8. The van der Waals surface area contributed by atoms with Crippen LogP contribution < -0.4 is 10.0 Å². The van der Waals surface area contributed by atoms with Crippen LogP contribution in [0.4, 0.5) is 19.1 Å². The average Bonchev–Trinajstić information content (AvgIpc) is 3.31. The highest BCUT2D eigenvalue weighted by atomic mass is 32.2. The van der Waals surface area contributed by atoms with Crippen LogP contribution in [-0.2, 0) is 22.7 Å². The third kappa shape index (κ3) is 4.74. The Kier molecular flexibility index (Phi) is 5.49. The SMILES string of the molecule is O=C(Nc1n[nH]c(C(F)(F)F)n1)c1ccc(S(=O)(=O)NCc2cccs2)cc1. The lowest BCUT2D eigenvalue weighted by Gasteiger charge is -2.07. The maximum Gasteiger partial charge on any atom is 0.451 e. The standard InChI is InChI=1S/C15H12F3N5O3S2/c16-15(17,18)13-21-14(23-22-13)20-12(24)9-3-5-11(6-4-9)28(25,26)19-8-10-2-1-7-27-10/h1-7,19H,8H2,(H2,20,21,22,23,24). The van der Waals surface area contributed by atoms with Gasteiger partial charge in [-0.3, -0.25) is 15.2 Å². The number of carbonyl (C=O) groups is 1. The van der Waals surface area contributed by atoms with Gasteiger partial charge < -0.3 is 0 Å². The number of halogens is 3. The summed E-state index contributed by atoms with van der Waals surface area (Å²) < 4.78 is 64.3. The fourth-order valence-electron chi connectivity index (χ4n) is 2.07. The highest BCUT2D eigenvalue weighted by molar-refractivity contribution is 7.89. The van der Waals surface area contributed by atoms with Crippen molar-refractivity contribution in [2.24, 2.45) is 0 Å². The van der Waals surface area contributed by atoms with Crippen LogP contribution in [0.15, 0.2) is 46.7 Å². The predicted octanol–water partition coefficient (Wildman–Crippen LogP) is 2.62. The molecule has 2 aromatic heterocycles. The Balaban J connectivity index is 1.66. The minimum Gasteiger partial charge on any atom is -0.289 e. The second kappa shape index (κ2) is 7.69. The largest absolute Gasteiger partial charge is 0.451 e. The van der Waals surface area contributed by atoms with Gasteiger partial charge in [0.2, 0.25) is 21.8 Å². The lowest BCUT2D eigenvalue weighted by Crippen LogP contribution is -2.23. The van der Waals surface area contributed by atoms with Gasteiger partial charge in [0, 0.05) is 17.0 Å². The Bertz CT molecular complexity index is 1060. The monoisotopic (exact) mass is 431 g/mol. The van der Waals surface area contributed by atoms with E-state index in [4.69, 9.17) is 0 Å². The van der Waals surface area contributed by atoms with Crippen molar-refractivity contribution >= 4 is 33.2 Å². The molecule has 0 radical (unpaired) electrons. The summed E-state index contributed by atoms with van der Waals surface area (Å²) in [5, 5.41) is 8.85. The maximum absolute atomic E-state index is 12.5. The van der Waals surface area contributed by atoms with Gasteiger partial charge in [-0.2, -0.15) is 18.2 Å². The van der Waals surface area contributed by atoms with Gasteiger partial charge in [-0.05, 0) is 35.7 Å². The second-order valence-corrected chi connectivity index (χ2v) is 8.19. The Labute approximate surface area is 160 Å². The number of hydrogen-bond donors (Lipinski definition) is 3. The number of nitrogens with zero attached hydrogens (tertiary/aromatic N) is 2. The van der Waals surface area contributed by atoms with Gasteiger partial charge in [0.1, 0.15) is 0 Å². The van der Waals surface area contributed by atoms with E-state index in [1.807, 2.05) is 5.38 Å². The Morgan fingerprint density at radius 3 is 2.46 bits per heavy atom. The van der Waals surface area contributed by atoms with Crippen molar-refractivity contribution in [3.63, 3.8) is 0 Å². The summed E-state index contributed by atoms with van der Waals surface area (Å²) in [6.45, 7) is 0.134. The molecule has 0 saturated heterocycles. The van der Waals surface area contributed by atoms with Crippen LogP contribution in [0.3, 0.4) is 0 Å². The average molecular weight is 431 g/mol. The molecule has 1 aromatic carbocycles. The van der Waals surface area contributed by atoms with E-state index < -0.39 is 33.9 Å². The summed E-state index contributed by atoms with van der Waals surface area (Å²) in [6.07, 6.45) is -4.72. The minimum absolute atomic E-state index is 0.0237. The van der Waals surface area contributed by atoms with Gasteiger partial charge >= 0.3 is 6.18 Å². The van der Waals surface area contributed by atoms with E-state index in [0.717, 1.165) is 4.88 Å². The number of aromatic nitrogens is 3. The third-order valence-corrected chi connectivity index (χ3v) is 5.72. The van der Waals surface area contributed by atoms with E-state index in [2.05, 4.69) is 20.1 Å². The van der Waals surface area contributed by atoms with Gasteiger partial charge in [-0.25, -0.2) is 13.1 Å². The number of amides is 1. The first-order chi connectivity index (χ1) is 13.1. The van der Waals surface area contributed by atoms with Crippen molar-refractivity contribution in [3.05, 3.63) is 58.0 Å². The number of alkyl halides is 3. The molecule has 3 rings (SSSR count). The van der Waals surface area contributed by atoms with Crippen molar-refractivity contribution in [1.82, 2.24) is 19.9 Å². The zero-order valence-corrected chi connectivity index (χ0v) is 15.5. The molecule has 148 valence electrons. The van der Waals surface area contributed by atoms with Crippen LogP contribution in [0.25, 0.3) is 0 Å². The number of carbonyl (C=O) groups excluding carboxylic acids is 1. The normalized spacial score (nSPS) is 12.1. The molecule has 0 aliphatic carbocycles. The third-order valence-electron chi connectivity index (χ3n) is 3.42. The van der Waals surface area contributed by atoms with Crippen molar-refractivity contribution in [3.8, 4) is 0 Å². The number of aromatic amines is 1.